The van der Waals surface area contributed by atoms with Gasteiger partial charge in [0.05, 0.1) is 33.3 Å². The molecule has 0 aliphatic heterocycles. The van der Waals surface area contributed by atoms with Crippen molar-refractivity contribution in [3.8, 4) is 5.75 Å². The smallest absolute Gasteiger partial charge is 0.255 e. The zero-order chi connectivity index (χ0) is 14.3. The lowest BCUT2D eigenvalue weighted by Gasteiger charge is -2.11. The standard InChI is InChI=1S/C14H22N2O2S/c1-16(2)9-5-8-15-14(17)12-7-6-11(19-4)10-13(12)18-3/h6-7,10H,5,8-9H2,1-4H3,(H,15,17)/p+1. The lowest BCUT2D eigenvalue weighted by molar-refractivity contribution is -0.858. The topological polar surface area (TPSA) is 42.8 Å². The Morgan fingerprint density at radius 3 is 2.74 bits per heavy atom. The number of nitrogens with one attached hydrogen (secondary N) is 2. The minimum absolute atomic E-state index is 0.0711. The Hall–Kier alpha value is -1.20. The van der Waals surface area contributed by atoms with Crippen LogP contribution in [0.3, 0.4) is 0 Å². The molecule has 0 unspecified atom stereocenters. The van der Waals surface area contributed by atoms with E-state index < -0.39 is 0 Å². The molecule has 106 valence electrons. The van der Waals surface area contributed by atoms with E-state index in [0.29, 0.717) is 17.9 Å². The van der Waals surface area contributed by atoms with Gasteiger partial charge in [0, 0.05) is 17.9 Å². The van der Waals surface area contributed by atoms with E-state index in [4.69, 9.17) is 4.74 Å². The number of thioether (sulfide) groups is 1. The number of hydrogen-bond acceptors (Lipinski definition) is 3. The Morgan fingerprint density at radius 2 is 2.16 bits per heavy atom. The van der Waals surface area contributed by atoms with Gasteiger partial charge in [-0.05, 0) is 24.5 Å². The summed E-state index contributed by atoms with van der Waals surface area (Å²) < 4.78 is 5.28. The van der Waals surface area contributed by atoms with Crippen LogP contribution in [0.5, 0.6) is 5.75 Å². The highest BCUT2D eigenvalue weighted by atomic mass is 32.2. The summed E-state index contributed by atoms with van der Waals surface area (Å²) in [6.07, 6.45) is 2.97. The highest BCUT2D eigenvalue weighted by Crippen LogP contribution is 2.25. The summed E-state index contributed by atoms with van der Waals surface area (Å²) in [6, 6.07) is 5.65. The minimum Gasteiger partial charge on any atom is -0.496 e. The highest BCUT2D eigenvalue weighted by Gasteiger charge is 2.12. The van der Waals surface area contributed by atoms with Crippen LogP contribution < -0.4 is 15.0 Å². The molecule has 0 aliphatic carbocycles. The third-order valence-electron chi connectivity index (χ3n) is 2.79. The molecule has 1 amide bonds. The second-order valence-electron chi connectivity index (χ2n) is 4.63. The van der Waals surface area contributed by atoms with Crippen molar-refractivity contribution >= 4 is 17.7 Å². The first-order chi connectivity index (χ1) is 9.08. The fraction of sp³-hybridized carbons (Fsp3) is 0.500. The summed E-state index contributed by atoms with van der Waals surface area (Å²) in [5.41, 5.74) is 0.595. The van der Waals surface area contributed by atoms with Gasteiger partial charge < -0.3 is 15.0 Å². The van der Waals surface area contributed by atoms with Crippen molar-refractivity contribution in [3.63, 3.8) is 0 Å². The Balaban J connectivity index is 2.61. The Kier molecular flexibility index (Phi) is 6.73. The van der Waals surface area contributed by atoms with Crippen LogP contribution in [0.1, 0.15) is 16.8 Å². The molecule has 1 rings (SSSR count). The largest absolute Gasteiger partial charge is 0.496 e. The number of carbonyl (C=O) groups is 1. The third kappa shape index (κ3) is 5.12. The average molecular weight is 283 g/mol. The fourth-order valence-corrected chi connectivity index (χ4v) is 2.15. The summed E-state index contributed by atoms with van der Waals surface area (Å²) in [5, 5.41) is 2.93. The predicted octanol–water partition coefficient (Wildman–Crippen LogP) is 0.681. The van der Waals surface area contributed by atoms with Crippen LogP contribution in [0.15, 0.2) is 23.1 Å². The van der Waals surface area contributed by atoms with Crippen LogP contribution in [0.4, 0.5) is 0 Å². The maximum Gasteiger partial charge on any atom is 0.255 e. The SMILES string of the molecule is COc1cc(SC)ccc1C(=O)NCCC[NH+](C)C. The number of methoxy groups -OCH3 is 1. The first-order valence-electron chi connectivity index (χ1n) is 6.37. The average Bonchev–Trinajstić information content (AvgIpc) is 2.42. The van der Waals surface area contributed by atoms with Crippen molar-refractivity contribution in [1.82, 2.24) is 5.32 Å². The number of amides is 1. The van der Waals surface area contributed by atoms with Gasteiger partial charge in [-0.25, -0.2) is 0 Å². The van der Waals surface area contributed by atoms with E-state index in [2.05, 4.69) is 19.4 Å². The van der Waals surface area contributed by atoms with Crippen LogP contribution in [0.25, 0.3) is 0 Å². The molecule has 1 aromatic rings. The summed E-state index contributed by atoms with van der Waals surface area (Å²) in [5.74, 6) is 0.556. The van der Waals surface area contributed by atoms with Gasteiger partial charge in [-0.2, -0.15) is 0 Å². The molecule has 0 aliphatic rings. The van der Waals surface area contributed by atoms with Crippen molar-refractivity contribution < 1.29 is 14.4 Å². The molecule has 0 bridgehead atoms. The number of ether oxygens (including phenoxy) is 1. The Labute approximate surface area is 119 Å². The van der Waals surface area contributed by atoms with Gasteiger partial charge in [0.2, 0.25) is 0 Å². The molecule has 0 atom stereocenters. The van der Waals surface area contributed by atoms with E-state index in [0.717, 1.165) is 17.9 Å². The number of benzene rings is 1. The molecule has 0 aromatic heterocycles. The Morgan fingerprint density at radius 1 is 1.42 bits per heavy atom. The summed E-state index contributed by atoms with van der Waals surface area (Å²) in [7, 11) is 5.80. The number of carbonyl (C=O) groups excluding carboxylic acids is 1. The second-order valence-corrected chi connectivity index (χ2v) is 5.51. The van der Waals surface area contributed by atoms with Crippen LogP contribution in [0.2, 0.25) is 0 Å². The molecule has 0 heterocycles. The van der Waals surface area contributed by atoms with E-state index in [1.807, 2.05) is 24.5 Å². The monoisotopic (exact) mass is 283 g/mol. The van der Waals surface area contributed by atoms with Gasteiger partial charge in [0.1, 0.15) is 5.75 Å². The molecule has 0 fully saturated rings. The van der Waals surface area contributed by atoms with E-state index in [1.165, 1.54) is 4.90 Å². The molecule has 2 N–H and O–H groups in total. The van der Waals surface area contributed by atoms with Gasteiger partial charge in [0.25, 0.3) is 5.91 Å². The maximum absolute atomic E-state index is 12.1. The fourth-order valence-electron chi connectivity index (χ4n) is 1.73. The number of quaternary nitrogens is 1. The molecule has 0 spiro atoms. The quantitative estimate of drug-likeness (QED) is 0.571. The van der Waals surface area contributed by atoms with Crippen molar-refractivity contribution in [2.45, 2.75) is 11.3 Å². The normalized spacial score (nSPS) is 10.6. The van der Waals surface area contributed by atoms with E-state index in [-0.39, 0.29) is 5.91 Å². The Bertz CT molecular complexity index is 422. The van der Waals surface area contributed by atoms with Gasteiger partial charge in [-0.15, -0.1) is 11.8 Å². The molecule has 4 nitrogen and oxygen atoms in total. The lowest BCUT2D eigenvalue weighted by atomic mass is 10.2. The predicted molar refractivity (Wildman–Crippen MR) is 79.4 cm³/mol. The van der Waals surface area contributed by atoms with E-state index >= 15 is 0 Å². The maximum atomic E-state index is 12.1. The molecule has 0 saturated heterocycles. The zero-order valence-electron chi connectivity index (χ0n) is 12.1. The van der Waals surface area contributed by atoms with Crippen molar-refractivity contribution in [2.75, 3.05) is 40.6 Å². The second kappa shape index (κ2) is 8.07. The first-order valence-corrected chi connectivity index (χ1v) is 7.60. The summed E-state index contributed by atoms with van der Waals surface area (Å²) in [4.78, 5) is 14.5. The first kappa shape index (κ1) is 15.9. The van der Waals surface area contributed by atoms with Crippen molar-refractivity contribution in [3.05, 3.63) is 23.8 Å². The summed E-state index contributed by atoms with van der Waals surface area (Å²) in [6.45, 7) is 1.74. The summed E-state index contributed by atoms with van der Waals surface area (Å²) >= 11 is 1.63. The van der Waals surface area contributed by atoms with E-state index in [9.17, 15) is 4.79 Å². The number of rotatable bonds is 7. The molecule has 1 aromatic carbocycles. The van der Waals surface area contributed by atoms with Crippen molar-refractivity contribution in [2.24, 2.45) is 0 Å². The molecule has 5 heteroatoms. The lowest BCUT2D eigenvalue weighted by Crippen LogP contribution is -3.05. The molecule has 19 heavy (non-hydrogen) atoms. The third-order valence-corrected chi connectivity index (χ3v) is 3.52. The van der Waals surface area contributed by atoms with Crippen LogP contribution in [-0.4, -0.2) is 46.5 Å². The molecule has 0 saturated carbocycles. The van der Waals surface area contributed by atoms with Crippen LogP contribution in [-0.2, 0) is 0 Å². The van der Waals surface area contributed by atoms with Gasteiger partial charge in [0.15, 0.2) is 0 Å². The molecule has 0 radical (unpaired) electrons. The van der Waals surface area contributed by atoms with Gasteiger partial charge >= 0.3 is 0 Å². The van der Waals surface area contributed by atoms with Crippen LogP contribution in [0, 0.1) is 0 Å². The zero-order valence-corrected chi connectivity index (χ0v) is 12.9. The van der Waals surface area contributed by atoms with E-state index in [1.54, 1.807) is 18.9 Å². The number of hydrogen-bond donors (Lipinski definition) is 2. The van der Waals surface area contributed by atoms with Gasteiger partial charge in [-0.1, -0.05) is 0 Å². The van der Waals surface area contributed by atoms with Crippen LogP contribution >= 0.6 is 11.8 Å². The molecular formula is C14H23N2O2S+. The van der Waals surface area contributed by atoms with Gasteiger partial charge in [-0.3, -0.25) is 4.79 Å². The molecular weight excluding hydrogens is 260 g/mol. The van der Waals surface area contributed by atoms with Crippen molar-refractivity contribution in [1.29, 1.82) is 0 Å². The minimum atomic E-state index is -0.0711. The highest BCUT2D eigenvalue weighted by molar-refractivity contribution is 7.98.